The summed E-state index contributed by atoms with van der Waals surface area (Å²) in [5.41, 5.74) is -0.592. The van der Waals surface area contributed by atoms with E-state index in [9.17, 15) is 27.9 Å². The van der Waals surface area contributed by atoms with Gasteiger partial charge in [-0.2, -0.15) is 18.3 Å². The van der Waals surface area contributed by atoms with Gasteiger partial charge in [-0.15, -0.1) is 0 Å². The van der Waals surface area contributed by atoms with E-state index in [2.05, 4.69) is 20.7 Å². The summed E-state index contributed by atoms with van der Waals surface area (Å²) in [5.74, 6) is -0.812. The number of benzene rings is 1. The Morgan fingerprint density at radius 2 is 1.88 bits per heavy atom. The summed E-state index contributed by atoms with van der Waals surface area (Å²) in [6.45, 7) is 5.71. The lowest BCUT2D eigenvalue weighted by Gasteiger charge is -2.40. The molecule has 0 spiro atoms. The summed E-state index contributed by atoms with van der Waals surface area (Å²) in [6, 6.07) is 4.50. The van der Waals surface area contributed by atoms with E-state index < -0.39 is 24.0 Å². The number of nitrogens with one attached hydrogen (secondary N) is 2. The number of aliphatic hydroxyl groups excluding tert-OH is 1. The number of hydrogen-bond acceptors (Lipinski definition) is 7. The molecule has 2 fully saturated rings. The maximum Gasteiger partial charge on any atom is 0.435 e. The minimum absolute atomic E-state index is 0.0829. The highest BCUT2D eigenvalue weighted by molar-refractivity contribution is 6.34. The second-order valence-electron chi connectivity index (χ2n) is 10.7. The molecule has 4 heterocycles. The fourth-order valence-corrected chi connectivity index (χ4v) is 5.87. The number of hydrogen-bond donors (Lipinski definition) is 3. The number of piperazine rings is 1. The first-order valence-electron chi connectivity index (χ1n) is 14.2. The third kappa shape index (κ3) is 6.56. The summed E-state index contributed by atoms with van der Waals surface area (Å²) >= 11 is 6.45. The van der Waals surface area contributed by atoms with E-state index in [0.717, 1.165) is 25.9 Å². The Morgan fingerprint density at radius 1 is 1.19 bits per heavy atom. The molecule has 2 aliphatic rings. The smallest absolute Gasteiger partial charge is 0.378 e. The average molecular weight is 623 g/mol. The number of alkyl halides is 3. The number of carbonyl (C=O) groups excluding carboxylic acids is 2. The number of nitrogens with zero attached hydrogens (tertiary/aromatic N) is 6. The molecule has 0 saturated carbocycles. The quantitative estimate of drug-likeness (QED) is 0.370. The number of carbonyl (C=O) groups is 2. The minimum Gasteiger partial charge on any atom is -0.378 e. The second kappa shape index (κ2) is 12.6. The molecule has 0 radical (unpaired) electrons. The number of aliphatic hydroxyl groups is 1. The Hall–Kier alpha value is -3.46. The van der Waals surface area contributed by atoms with Crippen LogP contribution in [0.1, 0.15) is 46.4 Å². The van der Waals surface area contributed by atoms with Crippen molar-refractivity contribution in [2.75, 3.05) is 44.6 Å². The van der Waals surface area contributed by atoms with E-state index in [1.807, 2.05) is 4.90 Å². The highest BCUT2D eigenvalue weighted by Crippen LogP contribution is 2.36. The van der Waals surface area contributed by atoms with Gasteiger partial charge >= 0.3 is 6.18 Å². The van der Waals surface area contributed by atoms with Gasteiger partial charge in [0.2, 0.25) is 0 Å². The predicted octanol–water partition coefficient (Wildman–Crippen LogP) is 3.30. The first kappa shape index (κ1) is 31.0. The van der Waals surface area contributed by atoms with Crippen LogP contribution in [-0.4, -0.2) is 91.5 Å². The summed E-state index contributed by atoms with van der Waals surface area (Å²) in [5, 5.41) is 20.5. The summed E-state index contributed by atoms with van der Waals surface area (Å²) < 4.78 is 43.2. The molecule has 1 unspecified atom stereocenters. The number of aromatic nitrogens is 4. The number of imidazole rings is 1. The number of aryl methyl sites for hydroxylation is 1. The fourth-order valence-electron chi connectivity index (χ4n) is 5.60. The third-order valence-electron chi connectivity index (χ3n) is 8.06. The minimum atomic E-state index is -4.68. The van der Waals surface area contributed by atoms with Gasteiger partial charge in [-0.25, -0.2) is 4.98 Å². The van der Waals surface area contributed by atoms with Crippen LogP contribution in [0.3, 0.4) is 0 Å². The van der Waals surface area contributed by atoms with E-state index in [0.29, 0.717) is 31.9 Å². The molecule has 2 aliphatic heterocycles. The number of halogens is 4. The van der Waals surface area contributed by atoms with Gasteiger partial charge in [-0.1, -0.05) is 11.6 Å². The number of amides is 2. The molecule has 232 valence electrons. The van der Waals surface area contributed by atoms with Gasteiger partial charge in [0.05, 0.1) is 28.0 Å². The zero-order valence-electron chi connectivity index (χ0n) is 23.9. The molecule has 2 saturated heterocycles. The molecule has 1 atom stereocenters. The zero-order valence-corrected chi connectivity index (χ0v) is 24.6. The monoisotopic (exact) mass is 622 g/mol. The molecular formula is C28H34ClF3N8O3. The van der Waals surface area contributed by atoms with Gasteiger partial charge in [0.1, 0.15) is 6.23 Å². The zero-order chi connectivity index (χ0) is 30.9. The highest BCUT2D eigenvalue weighted by atomic mass is 35.5. The highest BCUT2D eigenvalue weighted by Gasteiger charge is 2.38. The Bertz CT molecular complexity index is 1480. The second-order valence-corrected chi connectivity index (χ2v) is 11.2. The fraction of sp³-hybridized carbons (Fsp3) is 0.500. The van der Waals surface area contributed by atoms with E-state index >= 15 is 0 Å². The number of anilines is 1. The van der Waals surface area contributed by atoms with Crippen LogP contribution in [0, 0.1) is 5.92 Å². The number of piperidine rings is 1. The SMILES string of the molecule is CCn1cc(-c2cnc(C(=O)Nc3ccc(C(=O)N4CCN(C(O)C5CCNCC5)CC4)c(Cl)c3)n2C)c(C(F)(F)F)n1. The molecule has 0 aliphatic carbocycles. The van der Waals surface area contributed by atoms with Crippen molar-refractivity contribution in [3.63, 3.8) is 0 Å². The Labute approximate surface area is 251 Å². The molecule has 11 nitrogen and oxygen atoms in total. The van der Waals surface area contributed by atoms with Crippen molar-refractivity contribution in [2.24, 2.45) is 13.0 Å². The van der Waals surface area contributed by atoms with Crippen LogP contribution < -0.4 is 10.6 Å². The molecule has 3 aromatic rings. The van der Waals surface area contributed by atoms with E-state index in [-0.39, 0.29) is 46.0 Å². The van der Waals surface area contributed by atoms with E-state index in [1.54, 1.807) is 11.8 Å². The van der Waals surface area contributed by atoms with Crippen molar-refractivity contribution in [2.45, 2.75) is 38.7 Å². The molecule has 3 N–H and O–H groups in total. The molecule has 1 aromatic carbocycles. The van der Waals surface area contributed by atoms with E-state index in [1.165, 1.54) is 46.9 Å². The average Bonchev–Trinajstić information content (AvgIpc) is 3.60. The van der Waals surface area contributed by atoms with Crippen LogP contribution >= 0.6 is 11.6 Å². The van der Waals surface area contributed by atoms with Gasteiger partial charge < -0.3 is 25.2 Å². The molecule has 0 bridgehead atoms. The van der Waals surface area contributed by atoms with Gasteiger partial charge in [0.15, 0.2) is 11.5 Å². The molecule has 15 heteroatoms. The molecule has 5 rings (SSSR count). The lowest BCUT2D eigenvalue weighted by atomic mass is 9.95. The van der Waals surface area contributed by atoms with Crippen LogP contribution in [-0.2, 0) is 19.8 Å². The number of rotatable bonds is 7. The van der Waals surface area contributed by atoms with Crippen molar-refractivity contribution >= 4 is 29.1 Å². The molecule has 2 amide bonds. The van der Waals surface area contributed by atoms with Crippen molar-refractivity contribution < 1.29 is 27.9 Å². The maximum atomic E-state index is 13.6. The van der Waals surface area contributed by atoms with Gasteiger partial charge in [-0.3, -0.25) is 19.2 Å². The van der Waals surface area contributed by atoms with Crippen molar-refractivity contribution in [1.82, 2.24) is 34.4 Å². The molecule has 2 aromatic heterocycles. The Morgan fingerprint density at radius 3 is 2.51 bits per heavy atom. The summed E-state index contributed by atoms with van der Waals surface area (Å²) in [7, 11) is 1.44. The van der Waals surface area contributed by atoms with Gasteiger partial charge in [0, 0.05) is 57.6 Å². The van der Waals surface area contributed by atoms with Crippen LogP contribution in [0.15, 0.2) is 30.6 Å². The van der Waals surface area contributed by atoms with Crippen LogP contribution in [0.2, 0.25) is 5.02 Å². The maximum absolute atomic E-state index is 13.6. The lowest BCUT2D eigenvalue weighted by molar-refractivity contribution is -0.141. The van der Waals surface area contributed by atoms with Gasteiger partial charge in [-0.05, 0) is 51.1 Å². The van der Waals surface area contributed by atoms with E-state index in [4.69, 9.17) is 11.6 Å². The summed E-state index contributed by atoms with van der Waals surface area (Å²) in [6.07, 6.45) is -0.899. The van der Waals surface area contributed by atoms with Crippen LogP contribution in [0.5, 0.6) is 0 Å². The summed E-state index contributed by atoms with van der Waals surface area (Å²) in [4.78, 5) is 34.0. The van der Waals surface area contributed by atoms with Crippen molar-refractivity contribution in [1.29, 1.82) is 0 Å². The predicted molar refractivity (Wildman–Crippen MR) is 154 cm³/mol. The van der Waals surface area contributed by atoms with Crippen LogP contribution in [0.25, 0.3) is 11.3 Å². The lowest BCUT2D eigenvalue weighted by Crippen LogP contribution is -2.54. The van der Waals surface area contributed by atoms with Gasteiger partial charge in [0.25, 0.3) is 11.8 Å². The topological polar surface area (TPSA) is 121 Å². The van der Waals surface area contributed by atoms with Crippen LogP contribution in [0.4, 0.5) is 18.9 Å². The van der Waals surface area contributed by atoms with Crippen molar-refractivity contribution in [3.05, 3.63) is 52.7 Å². The Kier molecular flexibility index (Phi) is 9.11. The standard InChI is InChI=1S/C28H34ClF3N8O3/c1-3-40-16-20(23(36-40)28(30,31)32)22-15-34-24(37(22)2)25(41)35-18-4-5-19(21(29)14-18)27(43)39-12-10-38(11-13-39)26(42)17-6-8-33-9-7-17/h4-5,14-17,26,33,42H,3,6-13H2,1-2H3,(H,35,41). The molecule has 43 heavy (non-hydrogen) atoms. The largest absolute Gasteiger partial charge is 0.435 e. The third-order valence-corrected chi connectivity index (χ3v) is 8.37. The normalized spacial score (nSPS) is 17.7. The van der Waals surface area contributed by atoms with Crippen molar-refractivity contribution in [3.8, 4) is 11.3 Å². The molecular weight excluding hydrogens is 589 g/mol. The Balaban J connectivity index is 1.23. The first-order chi connectivity index (χ1) is 20.5. The first-order valence-corrected chi connectivity index (χ1v) is 14.6.